The molecule has 0 spiro atoms. The SMILES string of the molecule is CNC(=O)c1ccnc2c(C(CNc3cc(-c4ccc(OC(C)C)nc4)ncn3)CSC)cccc12. The molecular formula is C27H30N6O2S. The smallest absolute Gasteiger partial charge is 0.251 e. The van der Waals surface area contributed by atoms with Crippen molar-refractivity contribution in [3.8, 4) is 17.1 Å². The highest BCUT2D eigenvalue weighted by Gasteiger charge is 2.18. The molecule has 1 aromatic carbocycles. The summed E-state index contributed by atoms with van der Waals surface area (Å²) in [7, 11) is 1.64. The molecular weight excluding hydrogens is 472 g/mol. The molecule has 0 fully saturated rings. The largest absolute Gasteiger partial charge is 0.475 e. The normalized spacial score (nSPS) is 11.9. The van der Waals surface area contributed by atoms with Crippen LogP contribution < -0.4 is 15.4 Å². The van der Waals surface area contributed by atoms with Crippen molar-refractivity contribution in [3.63, 3.8) is 0 Å². The van der Waals surface area contributed by atoms with Crippen LogP contribution in [0, 0.1) is 0 Å². The highest BCUT2D eigenvalue weighted by molar-refractivity contribution is 7.98. The number of nitrogens with zero attached hydrogens (tertiary/aromatic N) is 4. The molecule has 1 amide bonds. The topological polar surface area (TPSA) is 102 Å². The molecule has 0 bridgehead atoms. The van der Waals surface area contributed by atoms with Gasteiger partial charge in [-0.25, -0.2) is 15.0 Å². The number of aromatic nitrogens is 4. The Morgan fingerprint density at radius 3 is 2.67 bits per heavy atom. The fourth-order valence-electron chi connectivity index (χ4n) is 4.00. The van der Waals surface area contributed by atoms with Gasteiger partial charge in [-0.2, -0.15) is 11.8 Å². The van der Waals surface area contributed by atoms with Gasteiger partial charge in [-0.1, -0.05) is 18.2 Å². The van der Waals surface area contributed by atoms with Crippen LogP contribution in [0.3, 0.4) is 0 Å². The maximum atomic E-state index is 12.4. The lowest BCUT2D eigenvalue weighted by molar-refractivity contribution is 0.0964. The van der Waals surface area contributed by atoms with E-state index in [9.17, 15) is 4.79 Å². The first-order valence-corrected chi connectivity index (χ1v) is 13.2. The molecule has 0 aliphatic carbocycles. The number of carbonyl (C=O) groups excluding carboxylic acids is 1. The van der Waals surface area contributed by atoms with Crippen LogP contribution in [-0.4, -0.2) is 57.5 Å². The quantitative estimate of drug-likeness (QED) is 0.319. The van der Waals surface area contributed by atoms with Crippen molar-refractivity contribution in [1.29, 1.82) is 0 Å². The zero-order valence-corrected chi connectivity index (χ0v) is 21.7. The average Bonchev–Trinajstić information content (AvgIpc) is 2.90. The number of rotatable bonds is 10. The number of carbonyl (C=O) groups is 1. The molecule has 2 N–H and O–H groups in total. The lowest BCUT2D eigenvalue weighted by Gasteiger charge is -2.19. The van der Waals surface area contributed by atoms with Crippen LogP contribution in [0.5, 0.6) is 5.88 Å². The van der Waals surface area contributed by atoms with Crippen LogP contribution >= 0.6 is 11.8 Å². The lowest BCUT2D eigenvalue weighted by atomic mass is 9.95. The molecule has 3 aromatic heterocycles. The highest BCUT2D eigenvalue weighted by Crippen LogP contribution is 2.29. The minimum Gasteiger partial charge on any atom is -0.475 e. The van der Waals surface area contributed by atoms with E-state index < -0.39 is 0 Å². The number of para-hydroxylation sites is 1. The Morgan fingerprint density at radius 1 is 1.08 bits per heavy atom. The molecule has 8 nitrogen and oxygen atoms in total. The van der Waals surface area contributed by atoms with Gasteiger partial charge < -0.3 is 15.4 Å². The molecule has 0 aliphatic heterocycles. The van der Waals surface area contributed by atoms with Crippen molar-refractivity contribution in [3.05, 3.63) is 72.3 Å². The van der Waals surface area contributed by atoms with Crippen molar-refractivity contribution in [1.82, 2.24) is 25.3 Å². The number of thioether (sulfide) groups is 1. The van der Waals surface area contributed by atoms with Crippen LogP contribution in [-0.2, 0) is 0 Å². The van der Waals surface area contributed by atoms with Gasteiger partial charge in [0.2, 0.25) is 5.88 Å². The number of benzene rings is 1. The summed E-state index contributed by atoms with van der Waals surface area (Å²) in [6.45, 7) is 4.59. The first kappa shape index (κ1) is 25.4. The molecule has 0 saturated carbocycles. The van der Waals surface area contributed by atoms with Gasteiger partial charge >= 0.3 is 0 Å². The molecule has 0 saturated heterocycles. The van der Waals surface area contributed by atoms with Crippen molar-refractivity contribution in [2.24, 2.45) is 0 Å². The molecule has 1 unspecified atom stereocenters. The Bertz CT molecular complexity index is 1330. The Morgan fingerprint density at radius 2 is 1.94 bits per heavy atom. The fraction of sp³-hybridized carbons (Fsp3) is 0.296. The summed E-state index contributed by atoms with van der Waals surface area (Å²) in [6, 6.07) is 13.5. The van der Waals surface area contributed by atoms with Crippen LogP contribution in [0.4, 0.5) is 5.82 Å². The van der Waals surface area contributed by atoms with Gasteiger partial charge in [-0.05, 0) is 37.8 Å². The van der Waals surface area contributed by atoms with Gasteiger partial charge in [0.1, 0.15) is 12.1 Å². The molecule has 4 aromatic rings. The summed E-state index contributed by atoms with van der Waals surface area (Å²) < 4.78 is 5.63. The van der Waals surface area contributed by atoms with Crippen molar-refractivity contribution >= 4 is 34.4 Å². The Hall–Kier alpha value is -3.72. The monoisotopic (exact) mass is 502 g/mol. The fourth-order valence-corrected chi connectivity index (χ4v) is 4.70. The number of hydrogen-bond acceptors (Lipinski definition) is 8. The molecule has 0 radical (unpaired) electrons. The Labute approximate surface area is 215 Å². The van der Waals surface area contributed by atoms with Crippen LogP contribution in [0.2, 0.25) is 0 Å². The standard InChI is InChI=1S/C27H30N6O2S/c1-17(2)35-25-9-8-18(13-31-25)23-12-24(33-16-32-23)30-14-19(15-36-4)20-6-5-7-21-22(27(34)28-3)10-11-29-26(20)21/h5-13,16-17,19H,14-15H2,1-4H3,(H,28,34)(H,30,32,33). The van der Waals surface area contributed by atoms with Crippen LogP contribution in [0.25, 0.3) is 22.2 Å². The van der Waals surface area contributed by atoms with Gasteiger partial charge in [0, 0.05) is 60.7 Å². The molecule has 3 heterocycles. The summed E-state index contributed by atoms with van der Waals surface area (Å²) in [5.41, 5.74) is 4.23. The summed E-state index contributed by atoms with van der Waals surface area (Å²) in [4.78, 5) is 30.2. The molecule has 9 heteroatoms. The first-order valence-electron chi connectivity index (χ1n) is 11.8. The second-order valence-electron chi connectivity index (χ2n) is 8.55. The maximum absolute atomic E-state index is 12.4. The molecule has 0 aliphatic rings. The predicted molar refractivity (Wildman–Crippen MR) is 146 cm³/mol. The van der Waals surface area contributed by atoms with Crippen molar-refractivity contribution < 1.29 is 9.53 Å². The summed E-state index contributed by atoms with van der Waals surface area (Å²) in [5, 5.41) is 7.04. The van der Waals surface area contributed by atoms with Gasteiger partial charge in [0.15, 0.2) is 0 Å². The summed E-state index contributed by atoms with van der Waals surface area (Å²) in [5.74, 6) is 2.24. The summed E-state index contributed by atoms with van der Waals surface area (Å²) >= 11 is 1.77. The molecule has 186 valence electrons. The highest BCUT2D eigenvalue weighted by atomic mass is 32.2. The van der Waals surface area contributed by atoms with E-state index in [-0.39, 0.29) is 17.9 Å². The average molecular weight is 503 g/mol. The minimum atomic E-state index is -0.120. The molecule has 1 atom stereocenters. The van der Waals surface area contributed by atoms with Gasteiger partial charge in [0.05, 0.1) is 22.9 Å². The van der Waals surface area contributed by atoms with E-state index in [4.69, 9.17) is 4.74 Å². The third-order valence-corrected chi connectivity index (χ3v) is 6.40. The van der Waals surface area contributed by atoms with Crippen LogP contribution in [0.1, 0.15) is 35.7 Å². The number of hydrogen-bond donors (Lipinski definition) is 2. The number of amides is 1. The van der Waals surface area contributed by atoms with E-state index in [2.05, 4.69) is 42.9 Å². The molecule has 36 heavy (non-hydrogen) atoms. The van der Waals surface area contributed by atoms with E-state index in [0.717, 1.165) is 39.3 Å². The van der Waals surface area contributed by atoms with E-state index in [1.807, 2.05) is 44.2 Å². The van der Waals surface area contributed by atoms with Crippen LogP contribution in [0.15, 0.2) is 61.2 Å². The second kappa shape index (κ2) is 11.8. The minimum absolute atomic E-state index is 0.0692. The van der Waals surface area contributed by atoms with Crippen molar-refractivity contribution in [2.75, 3.05) is 30.9 Å². The zero-order chi connectivity index (χ0) is 25.5. The van der Waals surface area contributed by atoms with E-state index in [1.54, 1.807) is 43.6 Å². The zero-order valence-electron chi connectivity index (χ0n) is 20.9. The van der Waals surface area contributed by atoms with E-state index >= 15 is 0 Å². The number of ether oxygens (including phenoxy) is 1. The van der Waals surface area contributed by atoms with Gasteiger partial charge in [-0.15, -0.1) is 0 Å². The number of pyridine rings is 2. The van der Waals surface area contributed by atoms with E-state index in [1.165, 1.54) is 0 Å². The Kier molecular flexibility index (Phi) is 8.32. The third kappa shape index (κ3) is 5.91. The van der Waals surface area contributed by atoms with Crippen molar-refractivity contribution in [2.45, 2.75) is 25.9 Å². The van der Waals surface area contributed by atoms with Gasteiger partial charge in [0.25, 0.3) is 5.91 Å². The maximum Gasteiger partial charge on any atom is 0.251 e. The number of anilines is 1. The summed E-state index contributed by atoms with van der Waals surface area (Å²) in [6.07, 6.45) is 7.16. The number of fused-ring (bicyclic) bond motifs is 1. The van der Waals surface area contributed by atoms with Gasteiger partial charge in [-0.3, -0.25) is 9.78 Å². The third-order valence-electron chi connectivity index (χ3n) is 5.67. The molecule has 4 rings (SSSR count). The van der Waals surface area contributed by atoms with E-state index in [0.29, 0.717) is 18.0 Å². The Balaban J connectivity index is 1.56. The first-order chi connectivity index (χ1) is 17.5. The number of nitrogens with one attached hydrogen (secondary N) is 2. The second-order valence-corrected chi connectivity index (χ2v) is 9.47. The lowest BCUT2D eigenvalue weighted by Crippen LogP contribution is -2.19. The predicted octanol–water partition coefficient (Wildman–Crippen LogP) is 4.79.